The van der Waals surface area contributed by atoms with Gasteiger partial charge in [-0.25, -0.2) is 0 Å². The van der Waals surface area contributed by atoms with Gasteiger partial charge in [0, 0.05) is 47.8 Å². The van der Waals surface area contributed by atoms with Crippen molar-refractivity contribution in [2.75, 3.05) is 37.6 Å². The zero-order valence-electron chi connectivity index (χ0n) is 13.1. The van der Waals surface area contributed by atoms with Crippen LogP contribution in [0.1, 0.15) is 10.4 Å². The van der Waals surface area contributed by atoms with Crippen LogP contribution in [0, 0.1) is 0 Å². The van der Waals surface area contributed by atoms with Crippen LogP contribution in [-0.4, -0.2) is 49.4 Å². The lowest BCUT2D eigenvalue weighted by Gasteiger charge is -2.36. The first-order valence-electron chi connectivity index (χ1n) is 7.72. The van der Waals surface area contributed by atoms with Crippen molar-refractivity contribution in [3.8, 4) is 0 Å². The molecule has 0 spiro atoms. The quantitative estimate of drug-likeness (QED) is 0.908. The van der Waals surface area contributed by atoms with Crippen LogP contribution >= 0.6 is 22.9 Å². The lowest BCUT2D eigenvalue weighted by Crippen LogP contribution is -2.51. The number of rotatable bonds is 4. The van der Waals surface area contributed by atoms with E-state index in [2.05, 4.69) is 10.2 Å². The molecule has 1 aromatic carbocycles. The van der Waals surface area contributed by atoms with Crippen LogP contribution in [0.15, 0.2) is 41.1 Å². The number of benzene rings is 1. The van der Waals surface area contributed by atoms with E-state index in [1.165, 1.54) is 11.3 Å². The van der Waals surface area contributed by atoms with Gasteiger partial charge >= 0.3 is 0 Å². The second-order valence-corrected chi connectivity index (χ2v) is 6.76. The number of carbonyl (C=O) groups is 2. The molecule has 2 aromatic rings. The van der Waals surface area contributed by atoms with E-state index in [0.29, 0.717) is 23.7 Å². The summed E-state index contributed by atoms with van der Waals surface area (Å²) in [5.74, 6) is -0.251. The molecule has 0 atom stereocenters. The molecular weight excluding hydrogens is 346 g/mol. The van der Waals surface area contributed by atoms with E-state index in [1.54, 1.807) is 16.3 Å². The second kappa shape index (κ2) is 7.68. The maximum atomic E-state index is 12.2. The van der Waals surface area contributed by atoms with Crippen molar-refractivity contribution < 1.29 is 9.59 Å². The lowest BCUT2D eigenvalue weighted by molar-refractivity contribution is -0.130. The summed E-state index contributed by atoms with van der Waals surface area (Å²) in [5.41, 5.74) is 1.71. The lowest BCUT2D eigenvalue weighted by atomic mass is 10.2. The molecule has 24 heavy (non-hydrogen) atoms. The molecule has 1 aromatic heterocycles. The van der Waals surface area contributed by atoms with Gasteiger partial charge in [0.05, 0.1) is 6.54 Å². The van der Waals surface area contributed by atoms with Crippen LogP contribution in [0.4, 0.5) is 5.69 Å². The van der Waals surface area contributed by atoms with Gasteiger partial charge in [0.1, 0.15) is 0 Å². The van der Waals surface area contributed by atoms with Gasteiger partial charge in [-0.3, -0.25) is 9.59 Å². The smallest absolute Gasteiger partial charge is 0.252 e. The van der Waals surface area contributed by atoms with Gasteiger partial charge in [-0.2, -0.15) is 11.3 Å². The Morgan fingerprint density at radius 3 is 2.42 bits per heavy atom. The van der Waals surface area contributed by atoms with E-state index < -0.39 is 0 Å². The Morgan fingerprint density at radius 1 is 1.08 bits per heavy atom. The standard InChI is InChI=1S/C17H18ClN3O2S/c18-14-1-3-15(4-2-14)20-6-8-21(9-7-20)16(22)11-19-17(23)13-5-10-24-12-13/h1-5,10,12H,6-9,11H2,(H,19,23). The molecule has 1 aliphatic rings. The first-order valence-corrected chi connectivity index (χ1v) is 9.04. The fourth-order valence-electron chi connectivity index (χ4n) is 2.63. The van der Waals surface area contributed by atoms with Crippen molar-refractivity contribution in [2.24, 2.45) is 0 Å². The van der Waals surface area contributed by atoms with E-state index in [0.717, 1.165) is 18.8 Å². The Morgan fingerprint density at radius 2 is 1.79 bits per heavy atom. The molecule has 2 heterocycles. The highest BCUT2D eigenvalue weighted by Gasteiger charge is 2.21. The summed E-state index contributed by atoms with van der Waals surface area (Å²) in [4.78, 5) is 28.1. The Labute approximate surface area is 149 Å². The molecule has 0 aliphatic carbocycles. The number of anilines is 1. The first-order chi connectivity index (χ1) is 11.6. The van der Waals surface area contributed by atoms with Crippen LogP contribution in [0.2, 0.25) is 5.02 Å². The minimum Gasteiger partial charge on any atom is -0.368 e. The van der Waals surface area contributed by atoms with Crippen LogP contribution < -0.4 is 10.2 Å². The van der Waals surface area contributed by atoms with Gasteiger partial charge in [-0.05, 0) is 35.7 Å². The van der Waals surface area contributed by atoms with E-state index in [-0.39, 0.29) is 18.4 Å². The number of hydrogen-bond acceptors (Lipinski definition) is 4. The molecule has 0 unspecified atom stereocenters. The third-order valence-corrected chi connectivity index (χ3v) is 4.94. The zero-order chi connectivity index (χ0) is 16.9. The largest absolute Gasteiger partial charge is 0.368 e. The predicted molar refractivity (Wildman–Crippen MR) is 96.9 cm³/mol. The molecule has 2 amide bonds. The Balaban J connectivity index is 1.46. The Hall–Kier alpha value is -2.05. The van der Waals surface area contributed by atoms with Gasteiger partial charge in [0.15, 0.2) is 0 Å². The predicted octanol–water partition coefficient (Wildman–Crippen LogP) is 2.48. The van der Waals surface area contributed by atoms with Crippen molar-refractivity contribution in [1.29, 1.82) is 0 Å². The number of nitrogens with one attached hydrogen (secondary N) is 1. The van der Waals surface area contributed by atoms with E-state index in [4.69, 9.17) is 11.6 Å². The minimum atomic E-state index is -0.204. The Kier molecular flexibility index (Phi) is 5.37. The van der Waals surface area contributed by atoms with Gasteiger partial charge in [-0.15, -0.1) is 0 Å². The normalized spacial score (nSPS) is 14.5. The number of halogens is 1. The summed E-state index contributed by atoms with van der Waals surface area (Å²) in [7, 11) is 0. The summed E-state index contributed by atoms with van der Waals surface area (Å²) >= 11 is 7.37. The summed E-state index contributed by atoms with van der Waals surface area (Å²) in [6.45, 7) is 2.87. The van der Waals surface area contributed by atoms with E-state index in [1.807, 2.05) is 29.6 Å². The molecule has 1 fully saturated rings. The van der Waals surface area contributed by atoms with Gasteiger partial charge in [0.2, 0.25) is 5.91 Å². The van der Waals surface area contributed by atoms with Crippen LogP contribution in [0.3, 0.4) is 0 Å². The third kappa shape index (κ3) is 4.07. The van der Waals surface area contributed by atoms with E-state index >= 15 is 0 Å². The minimum absolute atomic E-state index is 0.0373. The van der Waals surface area contributed by atoms with Crippen LogP contribution in [0.5, 0.6) is 0 Å². The highest BCUT2D eigenvalue weighted by atomic mass is 35.5. The molecule has 0 radical (unpaired) electrons. The third-order valence-electron chi connectivity index (χ3n) is 4.01. The van der Waals surface area contributed by atoms with Crippen molar-refractivity contribution in [1.82, 2.24) is 10.2 Å². The highest BCUT2D eigenvalue weighted by molar-refractivity contribution is 7.08. The molecule has 5 nitrogen and oxygen atoms in total. The maximum Gasteiger partial charge on any atom is 0.252 e. The molecule has 1 saturated heterocycles. The molecule has 0 bridgehead atoms. The molecule has 126 valence electrons. The number of amides is 2. The summed E-state index contributed by atoms with van der Waals surface area (Å²) in [6.07, 6.45) is 0. The fourth-order valence-corrected chi connectivity index (χ4v) is 3.39. The van der Waals surface area contributed by atoms with Gasteiger partial charge < -0.3 is 15.1 Å². The summed E-state index contributed by atoms with van der Waals surface area (Å²) in [5, 5.41) is 7.00. The average Bonchev–Trinajstić information content (AvgIpc) is 3.15. The molecule has 1 N–H and O–H groups in total. The number of piperazine rings is 1. The maximum absolute atomic E-state index is 12.2. The highest BCUT2D eigenvalue weighted by Crippen LogP contribution is 2.19. The SMILES string of the molecule is O=C(NCC(=O)N1CCN(c2ccc(Cl)cc2)CC1)c1ccsc1. The van der Waals surface area contributed by atoms with Gasteiger partial charge in [-0.1, -0.05) is 11.6 Å². The van der Waals surface area contributed by atoms with Crippen molar-refractivity contribution >= 4 is 40.4 Å². The van der Waals surface area contributed by atoms with E-state index in [9.17, 15) is 9.59 Å². The fraction of sp³-hybridized carbons (Fsp3) is 0.294. The van der Waals surface area contributed by atoms with Crippen LogP contribution in [-0.2, 0) is 4.79 Å². The molecular formula is C17H18ClN3O2S. The zero-order valence-corrected chi connectivity index (χ0v) is 14.6. The molecule has 3 rings (SSSR count). The summed E-state index contributed by atoms with van der Waals surface area (Å²) in [6, 6.07) is 9.46. The van der Waals surface area contributed by atoms with Crippen molar-refractivity contribution in [3.63, 3.8) is 0 Å². The molecule has 1 aliphatic heterocycles. The topological polar surface area (TPSA) is 52.7 Å². The number of hydrogen-bond donors (Lipinski definition) is 1. The monoisotopic (exact) mass is 363 g/mol. The number of nitrogens with zero attached hydrogens (tertiary/aromatic N) is 2. The van der Waals surface area contributed by atoms with Crippen LogP contribution in [0.25, 0.3) is 0 Å². The number of thiophene rings is 1. The number of carbonyl (C=O) groups excluding carboxylic acids is 2. The Bertz CT molecular complexity index is 695. The average molecular weight is 364 g/mol. The van der Waals surface area contributed by atoms with Gasteiger partial charge in [0.25, 0.3) is 5.91 Å². The molecule has 0 saturated carbocycles. The van der Waals surface area contributed by atoms with Crippen molar-refractivity contribution in [2.45, 2.75) is 0 Å². The molecule has 7 heteroatoms. The second-order valence-electron chi connectivity index (χ2n) is 5.54. The first kappa shape index (κ1) is 16.8. The van der Waals surface area contributed by atoms with Crippen molar-refractivity contribution in [3.05, 3.63) is 51.7 Å². The summed E-state index contributed by atoms with van der Waals surface area (Å²) < 4.78 is 0.